The van der Waals surface area contributed by atoms with Gasteiger partial charge >= 0.3 is 54.0 Å². The van der Waals surface area contributed by atoms with E-state index in [4.69, 9.17) is 0 Å². The van der Waals surface area contributed by atoms with Crippen molar-refractivity contribution in [2.45, 2.75) is 69.2 Å². The quantitative estimate of drug-likeness (QED) is 0.216. The van der Waals surface area contributed by atoms with Crippen molar-refractivity contribution < 1.29 is 34.6 Å². The van der Waals surface area contributed by atoms with Gasteiger partial charge in [0.1, 0.15) is 0 Å². The van der Waals surface area contributed by atoms with Crippen molar-refractivity contribution in [2.75, 3.05) is 0 Å². The number of hydrogen-bond acceptors (Lipinski definition) is 4. The Balaban J connectivity index is -0.000000444. The molecule has 2 aromatic rings. The van der Waals surface area contributed by atoms with Gasteiger partial charge in [0, 0.05) is 24.8 Å². The minimum Gasteiger partial charge on any atom is -0.234 e. The Kier molecular flexibility index (Phi) is 25.3. The number of aromatic nitrogens is 4. The van der Waals surface area contributed by atoms with E-state index in [0.29, 0.717) is 11.6 Å². The van der Waals surface area contributed by atoms with E-state index in [1.807, 2.05) is 34.6 Å². The summed E-state index contributed by atoms with van der Waals surface area (Å²) in [5.74, 6) is 10.5. The predicted octanol–water partition coefficient (Wildman–Crippen LogP) is 9.57. The van der Waals surface area contributed by atoms with Crippen LogP contribution in [0, 0.1) is 74.0 Å². The van der Waals surface area contributed by atoms with Gasteiger partial charge in [-0.2, -0.15) is 0 Å². The van der Waals surface area contributed by atoms with Crippen LogP contribution in [0.5, 0.6) is 0 Å². The van der Waals surface area contributed by atoms with Crippen LogP contribution in [0.25, 0.3) is 11.6 Å². The van der Waals surface area contributed by atoms with Crippen molar-refractivity contribution in [3.63, 3.8) is 0 Å². The van der Waals surface area contributed by atoms with Gasteiger partial charge in [-0.3, -0.25) is 0 Å². The van der Waals surface area contributed by atoms with Crippen LogP contribution in [-0.2, 0) is 34.6 Å². The molecule has 0 amide bonds. The maximum atomic E-state index is 4.57. The molecule has 38 heavy (non-hydrogen) atoms. The summed E-state index contributed by atoms with van der Waals surface area (Å²) in [5.41, 5.74) is 0. The first kappa shape index (κ1) is 42.5. The fourth-order valence-corrected chi connectivity index (χ4v) is 5.62. The first-order valence-electron chi connectivity index (χ1n) is 12.9. The Morgan fingerprint density at radius 2 is 0.526 bits per heavy atom. The van der Waals surface area contributed by atoms with E-state index in [-0.39, 0.29) is 14.9 Å². The molecule has 0 N–H and O–H groups in total. The summed E-state index contributed by atoms with van der Waals surface area (Å²) in [7, 11) is 9.14. The molecule has 0 bridgehead atoms. The van der Waals surface area contributed by atoms with E-state index in [0.717, 1.165) is 59.2 Å². The standard InChI is InChI=1S/2C10H20.C8H6N4.2CH3.2ClH.2Ru/c2*1-6-7(2)9(4)10(5)8(6)3;1-3-9-7(10-4-1)8-11-5-2-6-12-8;;;;;;/h2*6-10H,1-5H3;1-6H;2*1H3;2*1H;;/q;;;2*-1;;;2*+2/p-2. The summed E-state index contributed by atoms with van der Waals surface area (Å²) in [6.07, 6.45) is 6.66. The van der Waals surface area contributed by atoms with E-state index in [2.05, 4.69) is 109 Å². The van der Waals surface area contributed by atoms with Gasteiger partial charge in [-0.05, 0) is 71.3 Å². The van der Waals surface area contributed by atoms with Crippen molar-refractivity contribution >= 4 is 19.4 Å². The molecule has 2 aliphatic carbocycles. The Labute approximate surface area is 264 Å². The third kappa shape index (κ3) is 12.2. The van der Waals surface area contributed by atoms with Gasteiger partial charge in [-0.25, -0.2) is 19.9 Å². The molecule has 0 aromatic carbocycles. The molecule has 0 spiro atoms. The van der Waals surface area contributed by atoms with Crippen LogP contribution in [0.2, 0.25) is 0 Å². The molecule has 2 aliphatic rings. The smallest absolute Gasteiger partial charge is 0.197 e. The maximum absolute atomic E-state index is 4.57. The number of nitrogens with zero attached hydrogens (tertiary/aromatic N) is 4. The maximum Gasteiger partial charge on any atom is 0.197 e. The zero-order valence-electron chi connectivity index (χ0n) is 25.5. The van der Waals surface area contributed by atoms with E-state index >= 15 is 0 Å². The molecule has 0 saturated heterocycles. The minimum absolute atomic E-state index is 0. The van der Waals surface area contributed by atoms with Crippen LogP contribution < -0.4 is 0 Å². The van der Waals surface area contributed by atoms with Crippen LogP contribution >= 0.6 is 19.4 Å². The van der Waals surface area contributed by atoms with Crippen molar-refractivity contribution in [2.24, 2.45) is 59.2 Å². The van der Waals surface area contributed by atoms with Crippen molar-refractivity contribution in [1.29, 1.82) is 0 Å². The van der Waals surface area contributed by atoms with Crippen LogP contribution in [0.3, 0.4) is 0 Å². The van der Waals surface area contributed by atoms with Crippen LogP contribution in [0.15, 0.2) is 36.9 Å². The molecule has 0 aliphatic heterocycles. The Morgan fingerprint density at radius 1 is 0.395 bits per heavy atom. The van der Waals surface area contributed by atoms with Gasteiger partial charge < -0.3 is 14.9 Å². The number of rotatable bonds is 1. The number of halogens is 2. The monoisotopic (exact) mass is 742 g/mol. The van der Waals surface area contributed by atoms with Gasteiger partial charge in [0.05, 0.1) is 0 Å². The molecule has 8 heteroatoms. The summed E-state index contributed by atoms with van der Waals surface area (Å²) in [6.45, 7) is 24.0. The average molecular weight is 742 g/mol. The molecule has 0 atom stereocenters. The zero-order chi connectivity index (χ0) is 28.0. The summed E-state index contributed by atoms with van der Waals surface area (Å²) < 4.78 is 0. The third-order valence-electron chi connectivity index (χ3n) is 9.62. The van der Waals surface area contributed by atoms with Crippen molar-refractivity contribution in [3.8, 4) is 11.6 Å². The van der Waals surface area contributed by atoms with Crippen molar-refractivity contribution in [1.82, 2.24) is 19.9 Å². The first-order chi connectivity index (χ1) is 17.1. The molecule has 0 unspecified atom stereocenters. The Hall–Kier alpha value is -0.0132. The molecule has 4 nitrogen and oxygen atoms in total. The van der Waals surface area contributed by atoms with E-state index in [1.54, 1.807) is 36.9 Å². The second-order valence-corrected chi connectivity index (χ2v) is 10.7. The van der Waals surface area contributed by atoms with Gasteiger partial charge in [0.25, 0.3) is 0 Å². The van der Waals surface area contributed by atoms with Crippen LogP contribution in [0.1, 0.15) is 69.2 Å². The summed E-state index contributed by atoms with van der Waals surface area (Å²) in [6, 6.07) is 3.51. The second-order valence-electron chi connectivity index (χ2n) is 10.7. The van der Waals surface area contributed by atoms with Crippen LogP contribution in [0.4, 0.5) is 0 Å². The average Bonchev–Trinajstić information content (AvgIpc) is 3.22. The summed E-state index contributed by atoms with van der Waals surface area (Å²) >= 11 is 3.64. The SMILES string of the molecule is CC1C(C)C(C)C(C)C1C.CC1C(C)C(C)C(C)C1C.[CH3-].[CH3-].[Cl][Ru+].[Cl][Ru+].c1cnc(-c2ncccn2)nc1. The Morgan fingerprint density at radius 3 is 0.658 bits per heavy atom. The number of hydrogen-bond donors (Lipinski definition) is 0. The molecule has 2 saturated carbocycles. The van der Waals surface area contributed by atoms with Gasteiger partial charge in [0.15, 0.2) is 11.6 Å². The zero-order valence-corrected chi connectivity index (χ0v) is 30.5. The van der Waals surface area contributed by atoms with E-state index in [9.17, 15) is 0 Å². The minimum atomic E-state index is 0. The normalized spacial score (nSPS) is 32.6. The molecule has 0 radical (unpaired) electrons. The molecular weight excluding hydrogens is 689 g/mol. The molecule has 4 rings (SSSR count). The molecule has 2 heterocycles. The predicted molar refractivity (Wildman–Crippen MR) is 159 cm³/mol. The van der Waals surface area contributed by atoms with Crippen LogP contribution in [-0.4, -0.2) is 19.9 Å². The van der Waals surface area contributed by atoms with E-state index in [1.165, 1.54) is 0 Å². The van der Waals surface area contributed by atoms with Gasteiger partial charge in [0.2, 0.25) is 0 Å². The third-order valence-corrected chi connectivity index (χ3v) is 9.62. The summed E-state index contributed by atoms with van der Waals surface area (Å²) in [4.78, 5) is 16.1. The fourth-order valence-electron chi connectivity index (χ4n) is 5.62. The molecular formula is C30H52Cl2N4Ru2. The van der Waals surface area contributed by atoms with Gasteiger partial charge in [-0.1, -0.05) is 69.2 Å². The molecule has 222 valence electrons. The molecule has 2 fully saturated rings. The van der Waals surface area contributed by atoms with Gasteiger partial charge in [-0.15, -0.1) is 0 Å². The van der Waals surface area contributed by atoms with Crippen molar-refractivity contribution in [3.05, 3.63) is 51.8 Å². The topological polar surface area (TPSA) is 51.6 Å². The second kappa shape index (κ2) is 22.6. The molecule has 2 aromatic heterocycles. The Bertz CT molecular complexity index is 646. The first-order valence-corrected chi connectivity index (χ1v) is 17.4. The summed E-state index contributed by atoms with van der Waals surface area (Å²) in [5, 5.41) is 0. The fraction of sp³-hybridized carbons (Fsp3) is 0.667. The largest absolute Gasteiger partial charge is 0.234 e. The van der Waals surface area contributed by atoms with E-state index < -0.39 is 0 Å².